The van der Waals surface area contributed by atoms with Gasteiger partial charge in [0.25, 0.3) is 0 Å². The fourth-order valence-electron chi connectivity index (χ4n) is 3.79. The predicted octanol–water partition coefficient (Wildman–Crippen LogP) is 2.53. The predicted molar refractivity (Wildman–Crippen MR) is 98.1 cm³/mol. The van der Waals surface area contributed by atoms with E-state index in [1.807, 2.05) is 0 Å². The maximum Gasteiger partial charge on any atom is 0.224 e. The highest BCUT2D eigenvalue weighted by Crippen LogP contribution is 2.36. The van der Waals surface area contributed by atoms with Gasteiger partial charge in [0.05, 0.1) is 16.1 Å². The summed E-state index contributed by atoms with van der Waals surface area (Å²) >= 11 is 5.89. The summed E-state index contributed by atoms with van der Waals surface area (Å²) in [6.07, 6.45) is 5.05. The van der Waals surface area contributed by atoms with Crippen LogP contribution in [0.3, 0.4) is 0 Å². The van der Waals surface area contributed by atoms with Crippen molar-refractivity contribution in [3.63, 3.8) is 0 Å². The van der Waals surface area contributed by atoms with Crippen LogP contribution < -0.4 is 11.1 Å². The maximum atomic E-state index is 12.6. The summed E-state index contributed by atoms with van der Waals surface area (Å²) < 4.78 is 25.2. The molecule has 2 fully saturated rings. The summed E-state index contributed by atoms with van der Waals surface area (Å²) in [5.74, 6) is 0.135. The van der Waals surface area contributed by atoms with Crippen molar-refractivity contribution in [2.75, 3.05) is 6.54 Å². The SMILES string of the molecule is N[C@H]1CCCC[C@@H]1C(=O)NCC1CC(S(=O)(=O)c2cccc(Cl)c2)C1. The molecule has 0 saturated heterocycles. The normalized spacial score (nSPS) is 29.7. The second-order valence-electron chi connectivity index (χ2n) is 7.26. The fourth-order valence-corrected chi connectivity index (χ4v) is 6.04. The average molecular weight is 385 g/mol. The lowest BCUT2D eigenvalue weighted by molar-refractivity contribution is -0.126. The van der Waals surface area contributed by atoms with Gasteiger partial charge in [0, 0.05) is 17.6 Å². The highest BCUT2D eigenvalue weighted by Gasteiger charge is 2.40. The van der Waals surface area contributed by atoms with Gasteiger partial charge >= 0.3 is 0 Å². The molecule has 138 valence electrons. The Balaban J connectivity index is 1.48. The average Bonchev–Trinajstić information content (AvgIpc) is 2.53. The summed E-state index contributed by atoms with van der Waals surface area (Å²) in [4.78, 5) is 12.5. The van der Waals surface area contributed by atoms with E-state index >= 15 is 0 Å². The van der Waals surface area contributed by atoms with Crippen LogP contribution in [0.4, 0.5) is 0 Å². The third kappa shape index (κ3) is 4.18. The molecule has 7 heteroatoms. The van der Waals surface area contributed by atoms with Crippen LogP contribution >= 0.6 is 11.6 Å². The molecule has 0 spiro atoms. The second-order valence-corrected chi connectivity index (χ2v) is 9.93. The number of hydrogen-bond donors (Lipinski definition) is 2. The van der Waals surface area contributed by atoms with E-state index in [0.29, 0.717) is 24.4 Å². The highest BCUT2D eigenvalue weighted by molar-refractivity contribution is 7.92. The summed E-state index contributed by atoms with van der Waals surface area (Å²) in [6.45, 7) is 0.531. The quantitative estimate of drug-likeness (QED) is 0.816. The summed E-state index contributed by atoms with van der Waals surface area (Å²) in [6, 6.07) is 6.34. The number of nitrogens with two attached hydrogens (primary N) is 1. The van der Waals surface area contributed by atoms with Crippen molar-refractivity contribution in [3.05, 3.63) is 29.3 Å². The molecular formula is C18H25ClN2O3S. The van der Waals surface area contributed by atoms with E-state index in [-0.39, 0.29) is 33.9 Å². The second kappa shape index (κ2) is 7.64. The van der Waals surface area contributed by atoms with Crippen LogP contribution in [-0.2, 0) is 14.6 Å². The molecule has 0 aliphatic heterocycles. The fraction of sp³-hybridized carbons (Fsp3) is 0.611. The Morgan fingerprint density at radius 1 is 1.24 bits per heavy atom. The summed E-state index contributed by atoms with van der Waals surface area (Å²) in [5, 5.41) is 3.01. The van der Waals surface area contributed by atoms with E-state index in [1.54, 1.807) is 18.2 Å². The van der Waals surface area contributed by atoms with Crippen LogP contribution in [0.5, 0.6) is 0 Å². The number of benzene rings is 1. The molecule has 0 bridgehead atoms. The molecule has 2 atom stereocenters. The first-order chi connectivity index (χ1) is 11.9. The van der Waals surface area contributed by atoms with E-state index in [1.165, 1.54) is 6.07 Å². The zero-order valence-electron chi connectivity index (χ0n) is 14.2. The molecule has 2 aliphatic rings. The minimum atomic E-state index is -3.34. The number of halogens is 1. The molecule has 2 saturated carbocycles. The van der Waals surface area contributed by atoms with Crippen molar-refractivity contribution in [2.24, 2.45) is 17.6 Å². The molecule has 3 rings (SSSR count). The van der Waals surface area contributed by atoms with Crippen molar-refractivity contribution in [3.8, 4) is 0 Å². The van der Waals surface area contributed by atoms with E-state index in [4.69, 9.17) is 17.3 Å². The molecule has 2 aliphatic carbocycles. The molecule has 0 heterocycles. The smallest absolute Gasteiger partial charge is 0.224 e. The van der Waals surface area contributed by atoms with Gasteiger partial charge in [0.2, 0.25) is 5.91 Å². The van der Waals surface area contributed by atoms with Crippen LogP contribution in [0.25, 0.3) is 0 Å². The van der Waals surface area contributed by atoms with Crippen LogP contribution in [0.15, 0.2) is 29.2 Å². The molecule has 0 aromatic heterocycles. The standard InChI is InChI=1S/C18H25ClN2O3S/c19-13-4-3-5-14(10-13)25(23,24)15-8-12(9-15)11-21-18(22)16-6-1-2-7-17(16)20/h3-5,10,12,15-17H,1-2,6-9,11,20H2,(H,21,22)/t12?,15?,16-,17-/m0/s1. The molecule has 0 radical (unpaired) electrons. The van der Waals surface area contributed by atoms with Crippen molar-refractivity contribution < 1.29 is 13.2 Å². The largest absolute Gasteiger partial charge is 0.356 e. The van der Waals surface area contributed by atoms with Gasteiger partial charge < -0.3 is 11.1 Å². The monoisotopic (exact) mass is 384 g/mol. The van der Waals surface area contributed by atoms with Crippen LogP contribution in [0.2, 0.25) is 5.02 Å². The minimum absolute atomic E-state index is 0.0216. The minimum Gasteiger partial charge on any atom is -0.356 e. The molecular weight excluding hydrogens is 360 g/mol. The molecule has 25 heavy (non-hydrogen) atoms. The zero-order valence-corrected chi connectivity index (χ0v) is 15.7. The maximum absolute atomic E-state index is 12.6. The first kappa shape index (κ1) is 18.7. The van der Waals surface area contributed by atoms with E-state index < -0.39 is 9.84 Å². The van der Waals surface area contributed by atoms with Gasteiger partial charge in [-0.25, -0.2) is 8.42 Å². The van der Waals surface area contributed by atoms with Crippen LogP contribution in [0.1, 0.15) is 38.5 Å². The van der Waals surface area contributed by atoms with Gasteiger partial charge in [0.15, 0.2) is 9.84 Å². The Morgan fingerprint density at radius 2 is 1.96 bits per heavy atom. The Labute approximate surface area is 154 Å². The summed E-state index contributed by atoms with van der Waals surface area (Å²) in [5.41, 5.74) is 6.04. The van der Waals surface area contributed by atoms with E-state index in [9.17, 15) is 13.2 Å². The van der Waals surface area contributed by atoms with Gasteiger partial charge in [-0.15, -0.1) is 0 Å². The highest BCUT2D eigenvalue weighted by atomic mass is 35.5. The van der Waals surface area contributed by atoms with Gasteiger partial charge in [-0.2, -0.15) is 0 Å². The number of sulfone groups is 1. The first-order valence-electron chi connectivity index (χ1n) is 8.90. The van der Waals surface area contributed by atoms with Crippen molar-refractivity contribution in [1.29, 1.82) is 0 Å². The lowest BCUT2D eigenvalue weighted by Gasteiger charge is -2.35. The van der Waals surface area contributed by atoms with Crippen molar-refractivity contribution in [1.82, 2.24) is 5.32 Å². The molecule has 1 amide bonds. The number of hydrogen-bond acceptors (Lipinski definition) is 4. The number of rotatable bonds is 5. The molecule has 5 nitrogen and oxygen atoms in total. The molecule has 1 aromatic carbocycles. The number of amides is 1. The number of carbonyl (C=O) groups is 1. The number of carbonyl (C=O) groups excluding carboxylic acids is 1. The zero-order chi connectivity index (χ0) is 18.0. The van der Waals surface area contributed by atoms with Gasteiger partial charge in [-0.3, -0.25) is 4.79 Å². The lowest BCUT2D eigenvalue weighted by Crippen LogP contribution is -2.47. The van der Waals surface area contributed by atoms with Crippen LogP contribution in [-0.4, -0.2) is 32.2 Å². The van der Waals surface area contributed by atoms with Crippen molar-refractivity contribution >= 4 is 27.3 Å². The van der Waals surface area contributed by atoms with Gasteiger partial charge in [0.1, 0.15) is 0 Å². The van der Waals surface area contributed by atoms with E-state index in [2.05, 4.69) is 5.32 Å². The lowest BCUT2D eigenvalue weighted by atomic mass is 9.83. The van der Waals surface area contributed by atoms with Gasteiger partial charge in [-0.1, -0.05) is 30.5 Å². The topological polar surface area (TPSA) is 89.3 Å². The Kier molecular flexibility index (Phi) is 5.71. The third-order valence-corrected chi connectivity index (χ3v) is 7.89. The van der Waals surface area contributed by atoms with Crippen LogP contribution in [0, 0.1) is 11.8 Å². The Bertz CT molecular complexity index is 732. The molecule has 0 unspecified atom stereocenters. The molecule has 3 N–H and O–H groups in total. The third-order valence-electron chi connectivity index (χ3n) is 5.48. The Hall–Kier alpha value is -1.11. The van der Waals surface area contributed by atoms with Gasteiger partial charge in [-0.05, 0) is 49.8 Å². The van der Waals surface area contributed by atoms with Crippen molar-refractivity contribution in [2.45, 2.75) is 54.7 Å². The first-order valence-corrected chi connectivity index (χ1v) is 10.8. The van der Waals surface area contributed by atoms with E-state index in [0.717, 1.165) is 25.7 Å². The number of nitrogens with one attached hydrogen (secondary N) is 1. The summed E-state index contributed by atoms with van der Waals surface area (Å²) in [7, 11) is -3.34. The Morgan fingerprint density at radius 3 is 2.64 bits per heavy atom. The molecule has 1 aromatic rings.